The maximum absolute atomic E-state index is 10.5. The van der Waals surface area contributed by atoms with Crippen molar-refractivity contribution in [1.29, 1.82) is 0 Å². The van der Waals surface area contributed by atoms with Crippen LogP contribution in [0.5, 0.6) is 0 Å². The molecule has 0 heterocycles. The minimum Gasteiger partial charge on any atom is -0.385 e. The molecule has 1 aromatic rings. The third-order valence-electron chi connectivity index (χ3n) is 3.43. The molecule has 0 unspecified atom stereocenters. The highest BCUT2D eigenvalue weighted by atomic mass is 79.9. The average molecular weight is 269 g/mol. The van der Waals surface area contributed by atoms with Crippen molar-refractivity contribution in [3.8, 4) is 0 Å². The van der Waals surface area contributed by atoms with E-state index >= 15 is 0 Å². The summed E-state index contributed by atoms with van der Waals surface area (Å²) in [6, 6.07) is 6.17. The molecule has 2 atom stereocenters. The molecule has 1 aliphatic carbocycles. The van der Waals surface area contributed by atoms with Gasteiger partial charge in [0.1, 0.15) is 0 Å². The summed E-state index contributed by atoms with van der Waals surface area (Å²) in [7, 11) is 0. The molecule has 1 aliphatic rings. The minimum atomic E-state index is -0.578. The van der Waals surface area contributed by atoms with Gasteiger partial charge in [0.2, 0.25) is 0 Å². The summed E-state index contributed by atoms with van der Waals surface area (Å²) in [6.07, 6.45) is 2.93. The molecule has 2 rings (SSSR count). The molecule has 0 aliphatic heterocycles. The van der Waals surface area contributed by atoms with Crippen LogP contribution in [0.1, 0.15) is 37.3 Å². The first-order chi connectivity index (χ1) is 7.01. The fourth-order valence-electron chi connectivity index (χ4n) is 2.46. The summed E-state index contributed by atoms with van der Waals surface area (Å²) in [5.74, 6) is 0.638. The molecule has 1 aromatic carbocycles. The number of rotatable bonds is 1. The van der Waals surface area contributed by atoms with Crippen LogP contribution in [-0.4, -0.2) is 5.11 Å². The van der Waals surface area contributed by atoms with Crippen LogP contribution in [0.15, 0.2) is 22.7 Å². The van der Waals surface area contributed by atoms with Crippen LogP contribution in [-0.2, 0) is 5.60 Å². The van der Waals surface area contributed by atoms with Crippen molar-refractivity contribution in [2.75, 3.05) is 0 Å². The first-order valence-electron chi connectivity index (χ1n) is 5.50. The van der Waals surface area contributed by atoms with Gasteiger partial charge in [-0.2, -0.15) is 0 Å². The molecular formula is C13H17BrO. The molecular weight excluding hydrogens is 252 g/mol. The SMILES string of the molecule is Cc1cc([C@@]2(O)CC[C@@H](C)C2)ccc1Br. The molecule has 0 radical (unpaired) electrons. The van der Waals surface area contributed by atoms with E-state index in [4.69, 9.17) is 0 Å². The van der Waals surface area contributed by atoms with E-state index in [0.29, 0.717) is 5.92 Å². The second-order valence-corrected chi connectivity index (χ2v) is 5.70. The van der Waals surface area contributed by atoms with Gasteiger partial charge in [-0.25, -0.2) is 0 Å². The Morgan fingerprint density at radius 1 is 1.47 bits per heavy atom. The summed E-state index contributed by atoms with van der Waals surface area (Å²) in [5.41, 5.74) is 1.69. The van der Waals surface area contributed by atoms with Crippen molar-refractivity contribution < 1.29 is 5.11 Å². The van der Waals surface area contributed by atoms with Gasteiger partial charge >= 0.3 is 0 Å². The zero-order valence-corrected chi connectivity index (χ0v) is 10.8. The summed E-state index contributed by atoms with van der Waals surface area (Å²) >= 11 is 3.49. The molecule has 0 bridgehead atoms. The Balaban J connectivity index is 2.33. The first kappa shape index (κ1) is 11.2. The van der Waals surface area contributed by atoms with Crippen molar-refractivity contribution >= 4 is 15.9 Å². The maximum Gasteiger partial charge on any atom is 0.0899 e. The molecule has 15 heavy (non-hydrogen) atoms. The van der Waals surface area contributed by atoms with E-state index in [1.54, 1.807) is 0 Å². The molecule has 0 amide bonds. The Morgan fingerprint density at radius 3 is 2.73 bits per heavy atom. The number of benzene rings is 1. The van der Waals surface area contributed by atoms with Crippen LogP contribution >= 0.6 is 15.9 Å². The predicted molar refractivity (Wildman–Crippen MR) is 65.8 cm³/mol. The Morgan fingerprint density at radius 2 is 2.20 bits per heavy atom. The van der Waals surface area contributed by atoms with E-state index in [1.165, 1.54) is 5.56 Å². The monoisotopic (exact) mass is 268 g/mol. The van der Waals surface area contributed by atoms with Gasteiger partial charge < -0.3 is 5.11 Å². The van der Waals surface area contributed by atoms with Gasteiger partial charge in [0.15, 0.2) is 0 Å². The van der Waals surface area contributed by atoms with Gasteiger partial charge in [0, 0.05) is 4.47 Å². The quantitative estimate of drug-likeness (QED) is 0.822. The number of hydrogen-bond acceptors (Lipinski definition) is 1. The lowest BCUT2D eigenvalue weighted by atomic mass is 9.90. The first-order valence-corrected chi connectivity index (χ1v) is 6.29. The molecule has 1 nitrogen and oxygen atoms in total. The van der Waals surface area contributed by atoms with Crippen LogP contribution < -0.4 is 0 Å². The number of halogens is 1. The standard InChI is InChI=1S/C13H17BrO/c1-9-5-6-13(15,8-9)11-3-4-12(14)10(2)7-11/h3-4,7,9,15H,5-6,8H2,1-2H3/t9-,13-/m1/s1. The largest absolute Gasteiger partial charge is 0.385 e. The molecule has 1 fully saturated rings. The number of hydrogen-bond donors (Lipinski definition) is 1. The van der Waals surface area contributed by atoms with Crippen molar-refractivity contribution in [3.63, 3.8) is 0 Å². The van der Waals surface area contributed by atoms with Gasteiger partial charge in [-0.05, 0) is 49.3 Å². The highest BCUT2D eigenvalue weighted by molar-refractivity contribution is 9.10. The normalized spacial score (nSPS) is 30.8. The molecule has 82 valence electrons. The lowest BCUT2D eigenvalue weighted by Gasteiger charge is -2.23. The Kier molecular flexibility index (Phi) is 2.91. The Labute approximate surface area is 99.6 Å². The van der Waals surface area contributed by atoms with E-state index < -0.39 is 5.60 Å². The van der Waals surface area contributed by atoms with Crippen molar-refractivity contribution in [3.05, 3.63) is 33.8 Å². The van der Waals surface area contributed by atoms with Crippen molar-refractivity contribution in [1.82, 2.24) is 0 Å². The Hall–Kier alpha value is -0.340. The highest BCUT2D eigenvalue weighted by Gasteiger charge is 2.36. The van der Waals surface area contributed by atoms with Gasteiger partial charge in [-0.3, -0.25) is 0 Å². The van der Waals surface area contributed by atoms with Crippen molar-refractivity contribution in [2.24, 2.45) is 5.92 Å². The zero-order chi connectivity index (χ0) is 11.1. The van der Waals surface area contributed by atoms with Crippen LogP contribution in [0.4, 0.5) is 0 Å². The van der Waals surface area contributed by atoms with Gasteiger partial charge in [-0.1, -0.05) is 35.0 Å². The number of aryl methyl sites for hydroxylation is 1. The molecule has 1 N–H and O–H groups in total. The van der Waals surface area contributed by atoms with Crippen LogP contribution in [0.2, 0.25) is 0 Å². The Bertz CT molecular complexity index is 375. The fraction of sp³-hybridized carbons (Fsp3) is 0.538. The highest BCUT2D eigenvalue weighted by Crippen LogP contribution is 2.42. The van der Waals surface area contributed by atoms with Gasteiger partial charge in [-0.15, -0.1) is 0 Å². The second-order valence-electron chi connectivity index (χ2n) is 4.84. The summed E-state index contributed by atoms with van der Waals surface area (Å²) < 4.78 is 1.11. The topological polar surface area (TPSA) is 20.2 Å². The smallest absolute Gasteiger partial charge is 0.0899 e. The van der Waals surface area contributed by atoms with E-state index in [0.717, 1.165) is 29.3 Å². The van der Waals surface area contributed by atoms with E-state index in [2.05, 4.69) is 35.8 Å². The third-order valence-corrected chi connectivity index (χ3v) is 4.32. The number of aliphatic hydroxyl groups is 1. The third kappa shape index (κ3) is 2.11. The van der Waals surface area contributed by atoms with Crippen molar-refractivity contribution in [2.45, 2.75) is 38.7 Å². The molecule has 0 spiro atoms. The summed E-state index contributed by atoms with van der Waals surface area (Å²) in [6.45, 7) is 4.28. The summed E-state index contributed by atoms with van der Waals surface area (Å²) in [4.78, 5) is 0. The van der Waals surface area contributed by atoms with E-state index in [1.807, 2.05) is 12.1 Å². The molecule has 1 saturated carbocycles. The van der Waals surface area contributed by atoms with Gasteiger partial charge in [0.25, 0.3) is 0 Å². The fourth-order valence-corrected chi connectivity index (χ4v) is 2.71. The molecule has 2 heteroatoms. The van der Waals surface area contributed by atoms with Crippen LogP contribution in [0.3, 0.4) is 0 Å². The minimum absolute atomic E-state index is 0.578. The maximum atomic E-state index is 10.5. The lowest BCUT2D eigenvalue weighted by molar-refractivity contribution is 0.0407. The lowest BCUT2D eigenvalue weighted by Crippen LogP contribution is -2.21. The molecule has 0 saturated heterocycles. The predicted octanol–water partition coefficient (Wildman–Crippen LogP) is 3.77. The average Bonchev–Trinajstić information content (AvgIpc) is 2.52. The second kappa shape index (κ2) is 3.91. The summed E-state index contributed by atoms with van der Waals surface area (Å²) in [5, 5.41) is 10.5. The molecule has 0 aromatic heterocycles. The zero-order valence-electron chi connectivity index (χ0n) is 9.26. The van der Waals surface area contributed by atoms with Crippen LogP contribution in [0.25, 0.3) is 0 Å². The van der Waals surface area contributed by atoms with Gasteiger partial charge in [0.05, 0.1) is 5.60 Å². The van der Waals surface area contributed by atoms with Crippen LogP contribution in [0, 0.1) is 12.8 Å². The van der Waals surface area contributed by atoms with E-state index in [-0.39, 0.29) is 0 Å². The van der Waals surface area contributed by atoms with E-state index in [9.17, 15) is 5.11 Å².